The third-order valence-corrected chi connectivity index (χ3v) is 2.37. The molecule has 1 heterocycles. The van der Waals surface area contributed by atoms with Gasteiger partial charge in [0.05, 0.1) is 6.61 Å². The molecule has 100 valence electrons. The summed E-state index contributed by atoms with van der Waals surface area (Å²) in [4.78, 5) is 11.8. The first kappa shape index (κ1) is 13.5. The van der Waals surface area contributed by atoms with Gasteiger partial charge in [-0.2, -0.15) is 9.97 Å². The molecular formula is C13H14ClN3O2. The van der Waals surface area contributed by atoms with E-state index in [-0.39, 0.29) is 17.3 Å². The van der Waals surface area contributed by atoms with Gasteiger partial charge in [-0.1, -0.05) is 19.1 Å². The van der Waals surface area contributed by atoms with Gasteiger partial charge in [0.15, 0.2) is 0 Å². The molecule has 0 bridgehead atoms. The predicted octanol–water partition coefficient (Wildman–Crippen LogP) is 3.41. The number of ether oxygens (including phenoxy) is 2. The molecule has 0 aliphatic heterocycles. The summed E-state index contributed by atoms with van der Waals surface area (Å²) in [5, 5.41) is 0.0451. The van der Waals surface area contributed by atoms with Crippen LogP contribution in [-0.4, -0.2) is 21.6 Å². The summed E-state index contributed by atoms with van der Waals surface area (Å²) >= 11 is 5.80. The zero-order valence-corrected chi connectivity index (χ0v) is 11.5. The highest BCUT2D eigenvalue weighted by molar-refractivity contribution is 6.28. The molecule has 0 fully saturated rings. The molecule has 0 radical (unpaired) electrons. The standard InChI is InChI=1S/C13H14ClN3O2/c1-3-7-18-12-15-11(14)16-13(17-12)19-10-6-4-5-9(2)8-10/h4-6,8H,3,7H2,1-2H3. The van der Waals surface area contributed by atoms with Gasteiger partial charge in [0.2, 0.25) is 5.28 Å². The molecule has 1 aromatic heterocycles. The monoisotopic (exact) mass is 279 g/mol. The second kappa shape index (κ2) is 6.33. The van der Waals surface area contributed by atoms with E-state index >= 15 is 0 Å². The number of aromatic nitrogens is 3. The highest BCUT2D eigenvalue weighted by Crippen LogP contribution is 2.21. The molecule has 0 saturated carbocycles. The molecular weight excluding hydrogens is 266 g/mol. The minimum Gasteiger partial charge on any atom is -0.463 e. The lowest BCUT2D eigenvalue weighted by Gasteiger charge is -2.06. The topological polar surface area (TPSA) is 57.1 Å². The molecule has 19 heavy (non-hydrogen) atoms. The lowest BCUT2D eigenvalue weighted by atomic mass is 10.2. The fraction of sp³-hybridized carbons (Fsp3) is 0.308. The number of aryl methyl sites for hydroxylation is 1. The van der Waals surface area contributed by atoms with E-state index in [0.717, 1.165) is 12.0 Å². The largest absolute Gasteiger partial charge is 0.463 e. The first-order valence-electron chi connectivity index (χ1n) is 5.96. The maximum atomic E-state index is 5.80. The molecule has 2 aromatic rings. The second-order valence-electron chi connectivity index (χ2n) is 3.94. The molecule has 0 spiro atoms. The zero-order valence-electron chi connectivity index (χ0n) is 10.8. The van der Waals surface area contributed by atoms with Crippen molar-refractivity contribution in [2.45, 2.75) is 20.3 Å². The Kier molecular flexibility index (Phi) is 4.52. The van der Waals surface area contributed by atoms with E-state index in [1.807, 2.05) is 38.1 Å². The Bertz CT molecular complexity index is 563. The van der Waals surface area contributed by atoms with Gasteiger partial charge in [-0.15, -0.1) is 4.98 Å². The summed E-state index contributed by atoms with van der Waals surface area (Å²) in [6.07, 6.45) is 0.859. The zero-order chi connectivity index (χ0) is 13.7. The fourth-order valence-corrected chi connectivity index (χ4v) is 1.55. The summed E-state index contributed by atoms with van der Waals surface area (Å²) in [5.41, 5.74) is 1.08. The molecule has 0 atom stereocenters. The van der Waals surface area contributed by atoms with Gasteiger partial charge < -0.3 is 9.47 Å². The van der Waals surface area contributed by atoms with E-state index in [1.165, 1.54) is 0 Å². The smallest absolute Gasteiger partial charge is 0.329 e. The van der Waals surface area contributed by atoms with Crippen LogP contribution >= 0.6 is 11.6 Å². The maximum Gasteiger partial charge on any atom is 0.329 e. The summed E-state index contributed by atoms with van der Waals surface area (Å²) in [6.45, 7) is 4.49. The summed E-state index contributed by atoms with van der Waals surface area (Å²) in [6, 6.07) is 7.85. The Morgan fingerprint density at radius 1 is 1.16 bits per heavy atom. The van der Waals surface area contributed by atoms with Gasteiger partial charge in [-0.25, -0.2) is 0 Å². The predicted molar refractivity (Wildman–Crippen MR) is 71.9 cm³/mol. The van der Waals surface area contributed by atoms with Crippen LogP contribution in [0.5, 0.6) is 17.8 Å². The number of benzene rings is 1. The quantitative estimate of drug-likeness (QED) is 0.839. The summed E-state index contributed by atoms with van der Waals surface area (Å²) < 4.78 is 10.8. The molecule has 0 unspecified atom stereocenters. The highest BCUT2D eigenvalue weighted by atomic mass is 35.5. The number of rotatable bonds is 5. The molecule has 5 nitrogen and oxygen atoms in total. The van der Waals surface area contributed by atoms with Crippen LogP contribution in [0.4, 0.5) is 0 Å². The van der Waals surface area contributed by atoms with Crippen LogP contribution in [0.15, 0.2) is 24.3 Å². The Hall–Kier alpha value is -1.88. The summed E-state index contributed by atoms with van der Waals surface area (Å²) in [7, 11) is 0. The Labute approximate surface area is 116 Å². The van der Waals surface area contributed by atoms with Gasteiger partial charge in [0.25, 0.3) is 0 Å². The highest BCUT2D eigenvalue weighted by Gasteiger charge is 2.08. The van der Waals surface area contributed by atoms with E-state index < -0.39 is 0 Å². The number of halogens is 1. The average molecular weight is 280 g/mol. The second-order valence-corrected chi connectivity index (χ2v) is 4.27. The molecule has 2 rings (SSSR count). The Morgan fingerprint density at radius 3 is 2.68 bits per heavy atom. The number of hydrogen-bond acceptors (Lipinski definition) is 5. The van der Waals surface area contributed by atoms with Gasteiger partial charge >= 0.3 is 12.0 Å². The minimum absolute atomic E-state index is 0.0451. The lowest BCUT2D eigenvalue weighted by molar-refractivity contribution is 0.284. The van der Waals surface area contributed by atoms with Crippen LogP contribution in [0.2, 0.25) is 5.28 Å². The molecule has 0 saturated heterocycles. The third-order valence-electron chi connectivity index (χ3n) is 2.20. The van der Waals surface area contributed by atoms with Crippen LogP contribution in [-0.2, 0) is 0 Å². The minimum atomic E-state index is 0.0451. The van der Waals surface area contributed by atoms with Crippen molar-refractivity contribution in [3.63, 3.8) is 0 Å². The van der Waals surface area contributed by atoms with E-state index in [4.69, 9.17) is 21.1 Å². The van der Waals surface area contributed by atoms with Gasteiger partial charge in [-0.05, 0) is 42.6 Å². The van der Waals surface area contributed by atoms with Crippen molar-refractivity contribution < 1.29 is 9.47 Å². The maximum absolute atomic E-state index is 5.80. The molecule has 0 N–H and O–H groups in total. The molecule has 0 aliphatic carbocycles. The van der Waals surface area contributed by atoms with E-state index in [0.29, 0.717) is 12.4 Å². The van der Waals surface area contributed by atoms with Crippen LogP contribution in [0, 0.1) is 6.92 Å². The van der Waals surface area contributed by atoms with Crippen molar-refractivity contribution in [3.05, 3.63) is 35.1 Å². The fourth-order valence-electron chi connectivity index (χ4n) is 1.40. The van der Waals surface area contributed by atoms with Crippen molar-refractivity contribution in [1.82, 2.24) is 15.0 Å². The molecule has 6 heteroatoms. The van der Waals surface area contributed by atoms with Crippen LogP contribution < -0.4 is 9.47 Å². The van der Waals surface area contributed by atoms with Crippen molar-refractivity contribution in [2.75, 3.05) is 6.61 Å². The molecule has 0 aliphatic rings. The molecule has 0 amide bonds. The normalized spacial score (nSPS) is 10.3. The van der Waals surface area contributed by atoms with E-state index in [2.05, 4.69) is 15.0 Å². The van der Waals surface area contributed by atoms with Gasteiger partial charge in [0, 0.05) is 0 Å². The number of nitrogens with zero attached hydrogens (tertiary/aromatic N) is 3. The number of hydrogen-bond donors (Lipinski definition) is 0. The van der Waals surface area contributed by atoms with Crippen LogP contribution in [0.25, 0.3) is 0 Å². The first-order valence-corrected chi connectivity index (χ1v) is 6.34. The van der Waals surface area contributed by atoms with Crippen LogP contribution in [0.1, 0.15) is 18.9 Å². The van der Waals surface area contributed by atoms with Crippen molar-refractivity contribution in [3.8, 4) is 17.8 Å². The SMILES string of the molecule is CCCOc1nc(Cl)nc(Oc2cccc(C)c2)n1. The van der Waals surface area contributed by atoms with Crippen molar-refractivity contribution in [1.29, 1.82) is 0 Å². The van der Waals surface area contributed by atoms with E-state index in [1.54, 1.807) is 0 Å². The van der Waals surface area contributed by atoms with Crippen molar-refractivity contribution in [2.24, 2.45) is 0 Å². The molecule has 1 aromatic carbocycles. The lowest BCUT2D eigenvalue weighted by Crippen LogP contribution is -2.03. The first-order chi connectivity index (χ1) is 9.17. The van der Waals surface area contributed by atoms with Crippen molar-refractivity contribution >= 4 is 11.6 Å². The summed E-state index contributed by atoms with van der Waals surface area (Å²) in [5.74, 6) is 0.642. The van der Waals surface area contributed by atoms with Gasteiger partial charge in [-0.3, -0.25) is 0 Å². The van der Waals surface area contributed by atoms with Gasteiger partial charge in [0.1, 0.15) is 5.75 Å². The van der Waals surface area contributed by atoms with E-state index in [9.17, 15) is 0 Å². The average Bonchev–Trinajstić information content (AvgIpc) is 2.35. The Morgan fingerprint density at radius 2 is 1.95 bits per heavy atom. The van der Waals surface area contributed by atoms with Crippen LogP contribution in [0.3, 0.4) is 0 Å². The Balaban J connectivity index is 2.17. The third kappa shape index (κ3) is 4.06.